The van der Waals surface area contributed by atoms with E-state index in [0.29, 0.717) is 6.42 Å². The van der Waals surface area contributed by atoms with Gasteiger partial charge in [-0.1, -0.05) is 30.3 Å². The summed E-state index contributed by atoms with van der Waals surface area (Å²) in [5.74, 6) is -1.57. The van der Waals surface area contributed by atoms with Gasteiger partial charge < -0.3 is 25.6 Å². The Hall–Kier alpha value is -2.12. The quantitative estimate of drug-likeness (QED) is 0.642. The zero-order valence-corrected chi connectivity index (χ0v) is 15.9. The molecule has 7 heteroatoms. The van der Waals surface area contributed by atoms with Gasteiger partial charge in [-0.25, -0.2) is 4.79 Å². The molecule has 0 aromatic heterocycles. The summed E-state index contributed by atoms with van der Waals surface area (Å²) < 4.78 is 5.38. The smallest absolute Gasteiger partial charge is 0.410 e. The van der Waals surface area contributed by atoms with Gasteiger partial charge >= 0.3 is 6.09 Å². The summed E-state index contributed by atoms with van der Waals surface area (Å²) in [7, 11) is 1.54. The van der Waals surface area contributed by atoms with Crippen molar-refractivity contribution in [1.82, 2.24) is 4.90 Å². The molecule has 0 spiro atoms. The molecule has 1 aromatic rings. The van der Waals surface area contributed by atoms with Crippen LogP contribution in [0.1, 0.15) is 32.8 Å². The van der Waals surface area contributed by atoms with Crippen LogP contribution < -0.4 is 5.73 Å². The number of likely N-dealkylation sites (N-methyl/N-ethyl adjacent to an activating group) is 1. The molecule has 1 unspecified atom stereocenters. The molecule has 7 nitrogen and oxygen atoms in total. The van der Waals surface area contributed by atoms with E-state index in [2.05, 4.69) is 0 Å². The minimum absolute atomic E-state index is 0.0452. The van der Waals surface area contributed by atoms with E-state index in [1.165, 1.54) is 4.90 Å². The molecule has 2 amide bonds. The standard InChI is InChI=1S/C19H30N2O5/c1-19(2,3)26-18(25)21(4)15(10-13-8-6-5-7-9-13)16(23)11-14(12-22)17(20)24/h5-9,14-16,22-23H,10-12H2,1-4H3,(H2,20,24)/t14?,15-,16-/m0/s1. The van der Waals surface area contributed by atoms with E-state index < -0.39 is 42.3 Å². The average molecular weight is 366 g/mol. The maximum atomic E-state index is 12.4. The third-order valence-electron chi connectivity index (χ3n) is 4.06. The molecule has 0 fully saturated rings. The first-order chi connectivity index (χ1) is 12.0. The number of hydrogen-bond donors (Lipinski definition) is 3. The van der Waals surface area contributed by atoms with Gasteiger partial charge in [0, 0.05) is 7.05 Å². The van der Waals surface area contributed by atoms with E-state index >= 15 is 0 Å². The first kappa shape index (κ1) is 21.9. The second-order valence-electron chi connectivity index (χ2n) is 7.43. The van der Waals surface area contributed by atoms with Gasteiger partial charge in [-0.2, -0.15) is 0 Å². The number of nitrogens with two attached hydrogens (primary N) is 1. The van der Waals surface area contributed by atoms with Crippen LogP contribution in [-0.4, -0.2) is 58.5 Å². The van der Waals surface area contributed by atoms with Gasteiger partial charge in [0.05, 0.1) is 24.7 Å². The van der Waals surface area contributed by atoms with Crippen molar-refractivity contribution in [3.05, 3.63) is 35.9 Å². The highest BCUT2D eigenvalue weighted by Crippen LogP contribution is 2.20. The molecule has 0 radical (unpaired) electrons. The molecule has 1 rings (SSSR count). The van der Waals surface area contributed by atoms with E-state index in [4.69, 9.17) is 10.5 Å². The van der Waals surface area contributed by atoms with Crippen LogP contribution in [0.2, 0.25) is 0 Å². The monoisotopic (exact) mass is 366 g/mol. The molecule has 3 atom stereocenters. The molecule has 4 N–H and O–H groups in total. The van der Waals surface area contributed by atoms with Crippen molar-refractivity contribution >= 4 is 12.0 Å². The van der Waals surface area contributed by atoms with Crippen molar-refractivity contribution in [3.63, 3.8) is 0 Å². The highest BCUT2D eigenvalue weighted by Gasteiger charge is 2.32. The summed E-state index contributed by atoms with van der Waals surface area (Å²) in [5.41, 5.74) is 5.50. The van der Waals surface area contributed by atoms with Crippen LogP contribution in [0, 0.1) is 5.92 Å². The number of nitrogens with zero attached hydrogens (tertiary/aromatic N) is 1. The predicted molar refractivity (Wildman–Crippen MR) is 98.3 cm³/mol. The molecule has 0 aliphatic rings. The highest BCUT2D eigenvalue weighted by atomic mass is 16.6. The second kappa shape index (κ2) is 9.54. The molecule has 0 heterocycles. The molecule has 146 valence electrons. The number of ether oxygens (including phenoxy) is 1. The van der Waals surface area contributed by atoms with Crippen molar-refractivity contribution in [2.45, 2.75) is 51.4 Å². The van der Waals surface area contributed by atoms with Crippen molar-refractivity contribution in [3.8, 4) is 0 Å². The molecule has 0 saturated heterocycles. The average Bonchev–Trinajstić information content (AvgIpc) is 2.55. The molecule has 0 aliphatic carbocycles. The number of carbonyl (C=O) groups is 2. The van der Waals surface area contributed by atoms with Crippen LogP contribution in [-0.2, 0) is 16.0 Å². The van der Waals surface area contributed by atoms with Crippen LogP contribution in [0.3, 0.4) is 0 Å². The van der Waals surface area contributed by atoms with Crippen molar-refractivity contribution < 1.29 is 24.5 Å². The zero-order valence-electron chi connectivity index (χ0n) is 15.9. The number of benzene rings is 1. The molecular weight excluding hydrogens is 336 g/mol. The number of primary amides is 1. The van der Waals surface area contributed by atoms with E-state index in [1.54, 1.807) is 27.8 Å². The van der Waals surface area contributed by atoms with E-state index in [9.17, 15) is 19.8 Å². The third-order valence-corrected chi connectivity index (χ3v) is 4.06. The summed E-state index contributed by atoms with van der Waals surface area (Å²) in [6, 6.07) is 8.75. The topological polar surface area (TPSA) is 113 Å². The molecule has 0 saturated carbocycles. The molecular formula is C19H30N2O5. The molecule has 0 aliphatic heterocycles. The maximum Gasteiger partial charge on any atom is 0.410 e. The van der Waals surface area contributed by atoms with E-state index in [0.717, 1.165) is 5.56 Å². The van der Waals surface area contributed by atoms with Crippen LogP contribution >= 0.6 is 0 Å². The van der Waals surface area contributed by atoms with Gasteiger partial charge in [-0.05, 0) is 39.2 Å². The molecule has 1 aromatic carbocycles. The van der Waals surface area contributed by atoms with Gasteiger partial charge in [-0.15, -0.1) is 0 Å². The first-order valence-corrected chi connectivity index (χ1v) is 8.63. The fourth-order valence-electron chi connectivity index (χ4n) is 2.59. The second-order valence-corrected chi connectivity index (χ2v) is 7.43. The summed E-state index contributed by atoms with van der Waals surface area (Å²) in [5, 5.41) is 20.0. The fraction of sp³-hybridized carbons (Fsp3) is 0.579. The summed E-state index contributed by atoms with van der Waals surface area (Å²) >= 11 is 0. The van der Waals surface area contributed by atoms with E-state index in [1.807, 2.05) is 30.3 Å². The van der Waals surface area contributed by atoms with Crippen molar-refractivity contribution in [2.24, 2.45) is 11.7 Å². The fourth-order valence-corrected chi connectivity index (χ4v) is 2.59. The molecule has 26 heavy (non-hydrogen) atoms. The van der Waals surface area contributed by atoms with Crippen LogP contribution in [0.4, 0.5) is 4.79 Å². The Morgan fingerprint density at radius 3 is 2.27 bits per heavy atom. The first-order valence-electron chi connectivity index (χ1n) is 8.63. The lowest BCUT2D eigenvalue weighted by Gasteiger charge is -2.34. The number of aliphatic hydroxyl groups is 2. The Morgan fingerprint density at radius 1 is 1.23 bits per heavy atom. The summed E-state index contributed by atoms with van der Waals surface area (Å²) in [6.07, 6.45) is -1.31. The lowest BCUT2D eigenvalue weighted by Crippen LogP contribution is -2.49. The lowest BCUT2D eigenvalue weighted by atomic mass is 9.92. The van der Waals surface area contributed by atoms with Crippen LogP contribution in [0.25, 0.3) is 0 Å². The predicted octanol–water partition coefficient (Wildman–Crippen LogP) is 1.31. The molecule has 0 bridgehead atoms. The Morgan fingerprint density at radius 2 is 1.81 bits per heavy atom. The van der Waals surface area contributed by atoms with Crippen LogP contribution in [0.5, 0.6) is 0 Å². The maximum absolute atomic E-state index is 12.4. The van der Waals surface area contributed by atoms with Gasteiger partial charge in [0.2, 0.25) is 5.91 Å². The Balaban J connectivity index is 3.00. The number of hydrogen-bond acceptors (Lipinski definition) is 5. The van der Waals surface area contributed by atoms with E-state index in [-0.39, 0.29) is 6.42 Å². The summed E-state index contributed by atoms with van der Waals surface area (Å²) in [4.78, 5) is 25.2. The lowest BCUT2D eigenvalue weighted by molar-refractivity contribution is -0.124. The Labute approximate surface area is 154 Å². The third kappa shape index (κ3) is 7.01. The number of rotatable bonds is 8. The minimum Gasteiger partial charge on any atom is -0.444 e. The highest BCUT2D eigenvalue weighted by molar-refractivity contribution is 5.76. The Bertz CT molecular complexity index is 585. The summed E-state index contributed by atoms with van der Waals surface area (Å²) in [6.45, 7) is 4.82. The number of aliphatic hydroxyl groups excluding tert-OH is 2. The van der Waals surface area contributed by atoms with Gasteiger partial charge in [0.25, 0.3) is 0 Å². The largest absolute Gasteiger partial charge is 0.444 e. The normalized spacial score (nSPS) is 15.0. The Kier molecular flexibility index (Phi) is 8.05. The SMILES string of the molecule is CN(C(=O)OC(C)(C)C)[C@@H](Cc1ccccc1)[C@@H](O)CC(CO)C(N)=O. The minimum atomic E-state index is -1.06. The van der Waals surface area contributed by atoms with Crippen molar-refractivity contribution in [1.29, 1.82) is 0 Å². The van der Waals surface area contributed by atoms with Gasteiger partial charge in [0.1, 0.15) is 5.60 Å². The van der Waals surface area contributed by atoms with Gasteiger partial charge in [-0.3, -0.25) is 4.79 Å². The van der Waals surface area contributed by atoms with Crippen molar-refractivity contribution in [2.75, 3.05) is 13.7 Å². The number of amides is 2. The zero-order chi connectivity index (χ0) is 19.9. The number of carbonyl (C=O) groups excluding carboxylic acids is 2. The van der Waals surface area contributed by atoms with Crippen LogP contribution in [0.15, 0.2) is 30.3 Å². The van der Waals surface area contributed by atoms with Gasteiger partial charge in [0.15, 0.2) is 0 Å².